The molecule has 0 atom stereocenters. The molecule has 1 aromatic carbocycles. The topological polar surface area (TPSA) is 87.5 Å². The van der Waals surface area contributed by atoms with E-state index in [9.17, 15) is 9.90 Å². The molecule has 2 N–H and O–H groups in total. The molecule has 1 aromatic heterocycles. The van der Waals surface area contributed by atoms with Crippen LogP contribution in [0, 0.1) is 0 Å². The van der Waals surface area contributed by atoms with Gasteiger partial charge in [-0.05, 0) is 36.8 Å². The molecule has 96 valence electrons. The molecule has 0 unspecified atom stereocenters. The molecule has 6 nitrogen and oxygen atoms in total. The van der Waals surface area contributed by atoms with Crippen LogP contribution in [0.15, 0.2) is 48.0 Å². The van der Waals surface area contributed by atoms with Crippen molar-refractivity contribution in [3.8, 4) is 5.75 Å². The van der Waals surface area contributed by atoms with Crippen LogP contribution in [0.5, 0.6) is 5.75 Å². The van der Waals surface area contributed by atoms with Crippen molar-refractivity contribution < 1.29 is 9.90 Å². The lowest BCUT2D eigenvalue weighted by Gasteiger charge is -2.02. The molecule has 0 bridgehead atoms. The minimum Gasteiger partial charge on any atom is -0.508 e. The minimum absolute atomic E-state index is 0.181. The largest absolute Gasteiger partial charge is 0.508 e. The van der Waals surface area contributed by atoms with E-state index in [2.05, 4.69) is 20.5 Å². The fourth-order valence-corrected chi connectivity index (χ4v) is 1.38. The van der Waals surface area contributed by atoms with E-state index in [1.165, 1.54) is 18.6 Å². The SMILES string of the molecule is C/C(=N\NC(=O)c1cnccn1)c1ccc(O)cc1. The lowest BCUT2D eigenvalue weighted by atomic mass is 10.1. The van der Waals surface area contributed by atoms with Crippen LogP contribution in [-0.4, -0.2) is 26.7 Å². The normalized spacial score (nSPS) is 11.1. The number of carbonyl (C=O) groups is 1. The molecule has 0 saturated heterocycles. The Hall–Kier alpha value is -2.76. The average Bonchev–Trinajstić information content (AvgIpc) is 2.46. The van der Waals surface area contributed by atoms with Crippen molar-refractivity contribution >= 4 is 11.6 Å². The molecule has 0 spiro atoms. The van der Waals surface area contributed by atoms with E-state index in [0.717, 1.165) is 5.56 Å². The summed E-state index contributed by atoms with van der Waals surface area (Å²) in [6.07, 6.45) is 4.29. The highest BCUT2D eigenvalue weighted by atomic mass is 16.3. The second kappa shape index (κ2) is 5.72. The Kier molecular flexibility index (Phi) is 3.82. The summed E-state index contributed by atoms with van der Waals surface area (Å²) in [4.78, 5) is 19.3. The number of phenols is 1. The second-order valence-corrected chi connectivity index (χ2v) is 3.78. The number of hydrogen-bond donors (Lipinski definition) is 2. The molecule has 1 amide bonds. The lowest BCUT2D eigenvalue weighted by molar-refractivity contribution is 0.0949. The fourth-order valence-electron chi connectivity index (χ4n) is 1.38. The molecular weight excluding hydrogens is 244 g/mol. The third-order valence-corrected chi connectivity index (χ3v) is 2.41. The van der Waals surface area contributed by atoms with Crippen LogP contribution < -0.4 is 5.43 Å². The number of aromatic hydroxyl groups is 1. The Labute approximate surface area is 109 Å². The van der Waals surface area contributed by atoms with Gasteiger partial charge < -0.3 is 5.11 Å². The first-order valence-electron chi connectivity index (χ1n) is 5.57. The Morgan fingerprint density at radius 2 is 2.00 bits per heavy atom. The van der Waals surface area contributed by atoms with Crippen molar-refractivity contribution in [3.05, 3.63) is 54.1 Å². The summed E-state index contributed by atoms with van der Waals surface area (Å²) in [5.41, 5.74) is 4.02. The molecule has 0 aliphatic carbocycles. The van der Waals surface area contributed by atoms with E-state index in [-0.39, 0.29) is 11.4 Å². The lowest BCUT2D eigenvalue weighted by Crippen LogP contribution is -2.20. The number of amides is 1. The summed E-state index contributed by atoms with van der Waals surface area (Å²) in [7, 11) is 0. The highest BCUT2D eigenvalue weighted by Crippen LogP contribution is 2.10. The predicted molar refractivity (Wildman–Crippen MR) is 69.8 cm³/mol. The Morgan fingerprint density at radius 3 is 2.63 bits per heavy atom. The van der Waals surface area contributed by atoms with E-state index in [1.54, 1.807) is 31.2 Å². The third-order valence-electron chi connectivity index (χ3n) is 2.41. The zero-order valence-corrected chi connectivity index (χ0v) is 10.2. The molecule has 0 radical (unpaired) electrons. The molecule has 1 heterocycles. The van der Waals surface area contributed by atoms with Crippen LogP contribution in [0.2, 0.25) is 0 Å². The maximum atomic E-state index is 11.7. The van der Waals surface area contributed by atoms with Gasteiger partial charge in [-0.3, -0.25) is 9.78 Å². The molecule has 6 heteroatoms. The van der Waals surface area contributed by atoms with Gasteiger partial charge in [0.25, 0.3) is 5.91 Å². The van der Waals surface area contributed by atoms with E-state index in [1.807, 2.05) is 0 Å². The number of nitrogens with one attached hydrogen (secondary N) is 1. The van der Waals surface area contributed by atoms with E-state index >= 15 is 0 Å². The first-order valence-corrected chi connectivity index (χ1v) is 5.57. The average molecular weight is 256 g/mol. The van der Waals surface area contributed by atoms with Crippen LogP contribution in [-0.2, 0) is 0 Å². The molecule has 0 fully saturated rings. The zero-order chi connectivity index (χ0) is 13.7. The molecule has 2 rings (SSSR count). The standard InChI is InChI=1S/C13H12N4O2/c1-9(10-2-4-11(18)5-3-10)16-17-13(19)12-8-14-6-7-15-12/h2-8,18H,1H3,(H,17,19)/b16-9+. The summed E-state index contributed by atoms with van der Waals surface area (Å²) in [5, 5.41) is 13.1. The van der Waals surface area contributed by atoms with Crippen LogP contribution in [0.1, 0.15) is 23.0 Å². The summed E-state index contributed by atoms with van der Waals surface area (Å²) >= 11 is 0. The van der Waals surface area contributed by atoms with Crippen molar-refractivity contribution in [2.24, 2.45) is 5.10 Å². The molecule has 19 heavy (non-hydrogen) atoms. The highest BCUT2D eigenvalue weighted by Gasteiger charge is 2.05. The number of aromatic nitrogens is 2. The number of hydrazone groups is 1. The van der Waals surface area contributed by atoms with Gasteiger partial charge in [-0.2, -0.15) is 5.10 Å². The number of carbonyl (C=O) groups excluding carboxylic acids is 1. The van der Waals surface area contributed by atoms with Crippen molar-refractivity contribution in [1.29, 1.82) is 0 Å². The Balaban J connectivity index is 2.06. The van der Waals surface area contributed by atoms with Gasteiger partial charge in [0.15, 0.2) is 0 Å². The highest BCUT2D eigenvalue weighted by molar-refractivity contribution is 6.00. The number of phenolic OH excluding ortho intramolecular Hbond substituents is 1. The van der Waals surface area contributed by atoms with Crippen LogP contribution >= 0.6 is 0 Å². The quantitative estimate of drug-likeness (QED) is 0.640. The first kappa shape index (κ1) is 12.7. The summed E-state index contributed by atoms with van der Waals surface area (Å²) in [6.45, 7) is 1.75. The number of rotatable bonds is 3. The van der Waals surface area contributed by atoms with Crippen molar-refractivity contribution in [2.45, 2.75) is 6.92 Å². The Morgan fingerprint density at radius 1 is 1.26 bits per heavy atom. The van der Waals surface area contributed by atoms with Gasteiger partial charge in [-0.15, -0.1) is 0 Å². The Bertz CT molecular complexity index is 594. The smallest absolute Gasteiger partial charge is 0.291 e. The van der Waals surface area contributed by atoms with Crippen molar-refractivity contribution in [2.75, 3.05) is 0 Å². The summed E-state index contributed by atoms with van der Waals surface area (Å²) < 4.78 is 0. The maximum Gasteiger partial charge on any atom is 0.291 e. The molecule has 0 aliphatic heterocycles. The first-order chi connectivity index (χ1) is 9.16. The van der Waals surface area contributed by atoms with E-state index in [0.29, 0.717) is 5.71 Å². The van der Waals surface area contributed by atoms with Gasteiger partial charge in [-0.1, -0.05) is 0 Å². The molecular formula is C13H12N4O2. The van der Waals surface area contributed by atoms with Crippen LogP contribution in [0.3, 0.4) is 0 Å². The van der Waals surface area contributed by atoms with Crippen molar-refractivity contribution in [1.82, 2.24) is 15.4 Å². The van der Waals surface area contributed by atoms with Crippen LogP contribution in [0.4, 0.5) is 0 Å². The minimum atomic E-state index is -0.425. The number of hydrogen-bond acceptors (Lipinski definition) is 5. The molecule has 2 aromatic rings. The fraction of sp³-hybridized carbons (Fsp3) is 0.0769. The monoisotopic (exact) mass is 256 g/mol. The second-order valence-electron chi connectivity index (χ2n) is 3.78. The van der Waals surface area contributed by atoms with Crippen LogP contribution in [0.25, 0.3) is 0 Å². The third kappa shape index (κ3) is 3.35. The van der Waals surface area contributed by atoms with Gasteiger partial charge in [0.05, 0.1) is 11.9 Å². The van der Waals surface area contributed by atoms with Gasteiger partial charge >= 0.3 is 0 Å². The van der Waals surface area contributed by atoms with E-state index < -0.39 is 5.91 Å². The number of benzene rings is 1. The van der Waals surface area contributed by atoms with Crippen molar-refractivity contribution in [3.63, 3.8) is 0 Å². The van der Waals surface area contributed by atoms with Gasteiger partial charge in [-0.25, -0.2) is 10.4 Å². The zero-order valence-electron chi connectivity index (χ0n) is 10.2. The van der Waals surface area contributed by atoms with Gasteiger partial charge in [0, 0.05) is 12.4 Å². The maximum absolute atomic E-state index is 11.7. The summed E-state index contributed by atoms with van der Waals surface area (Å²) in [6, 6.07) is 6.53. The predicted octanol–water partition coefficient (Wildman–Crippen LogP) is 1.34. The summed E-state index contributed by atoms with van der Waals surface area (Å²) in [5.74, 6) is -0.244. The van der Waals surface area contributed by atoms with Gasteiger partial charge in [0.2, 0.25) is 0 Å². The number of nitrogens with zero attached hydrogens (tertiary/aromatic N) is 3. The molecule has 0 saturated carbocycles. The molecule has 0 aliphatic rings. The van der Waals surface area contributed by atoms with E-state index in [4.69, 9.17) is 0 Å². The van der Waals surface area contributed by atoms with Gasteiger partial charge in [0.1, 0.15) is 11.4 Å².